The Morgan fingerprint density at radius 3 is 2.26 bits per heavy atom. The lowest BCUT2D eigenvalue weighted by atomic mass is 9.97. The van der Waals surface area contributed by atoms with Gasteiger partial charge in [-0.3, -0.25) is 20.4 Å². The number of ether oxygens (including phenoxy) is 2. The predicted molar refractivity (Wildman–Crippen MR) is 165 cm³/mol. The molecule has 1 aromatic heterocycles. The van der Waals surface area contributed by atoms with Gasteiger partial charge in [0.05, 0.1) is 5.56 Å². The van der Waals surface area contributed by atoms with Crippen LogP contribution in [0.15, 0.2) is 109 Å². The molecule has 8 heteroatoms. The van der Waals surface area contributed by atoms with Crippen LogP contribution in [0.1, 0.15) is 45.8 Å². The summed E-state index contributed by atoms with van der Waals surface area (Å²) in [5, 5.41) is 2.30. The number of nitrogens with one attached hydrogen (secondary N) is 2. The van der Waals surface area contributed by atoms with Gasteiger partial charge in [0, 0.05) is 10.9 Å². The molecule has 0 spiro atoms. The Labute approximate surface area is 249 Å². The van der Waals surface area contributed by atoms with Crippen molar-refractivity contribution in [3.05, 3.63) is 131 Å². The van der Waals surface area contributed by atoms with E-state index >= 15 is 0 Å². The molecule has 0 saturated heterocycles. The van der Waals surface area contributed by atoms with Crippen molar-refractivity contribution >= 4 is 23.2 Å². The summed E-state index contributed by atoms with van der Waals surface area (Å²) in [6.45, 7) is 4.58. The molecule has 7 nitrogen and oxygen atoms in total. The fourth-order valence-corrected chi connectivity index (χ4v) is 5.17. The molecule has 0 fully saturated rings. The molecule has 0 saturated carbocycles. The third-order valence-corrected chi connectivity index (χ3v) is 7.18. The van der Waals surface area contributed by atoms with Crippen molar-refractivity contribution in [1.82, 2.24) is 15.8 Å². The van der Waals surface area contributed by atoms with Crippen molar-refractivity contribution < 1.29 is 19.1 Å². The van der Waals surface area contributed by atoms with Crippen molar-refractivity contribution in [2.45, 2.75) is 26.9 Å². The second-order valence-electron chi connectivity index (χ2n) is 10.0. The van der Waals surface area contributed by atoms with E-state index in [1.807, 2.05) is 91.0 Å². The van der Waals surface area contributed by atoms with E-state index in [2.05, 4.69) is 29.7 Å². The number of amides is 2. The molecule has 0 radical (unpaired) electrons. The zero-order valence-corrected chi connectivity index (χ0v) is 24.2. The van der Waals surface area contributed by atoms with Gasteiger partial charge in [0.1, 0.15) is 34.6 Å². The van der Waals surface area contributed by atoms with Crippen molar-refractivity contribution in [1.29, 1.82) is 0 Å². The quantitative estimate of drug-likeness (QED) is 0.168. The molecule has 0 aliphatic heterocycles. The molecular weight excluding hydrogens is 546 g/mol. The third kappa shape index (κ3) is 7.41. The van der Waals surface area contributed by atoms with Gasteiger partial charge in [-0.05, 0) is 65.9 Å². The number of rotatable bonds is 10. The largest absolute Gasteiger partial charge is 0.488 e. The summed E-state index contributed by atoms with van der Waals surface area (Å²) < 4.78 is 12.0. The standard InChI is InChI=1S/C34H31N3O4S/c1-23(2)19-25-20-27(41-26-13-7-4-8-14-26)17-18-28(25)32(38)36-37-33(39)30-22-42-34(35-30)29-15-9-10-16-31(29)40-21-24-11-5-3-6-12-24/h3-18,20,22-23H,19,21H2,1-2H3,(H,36,38)(H,37,39). The molecular formula is C34H31N3O4S. The van der Waals surface area contributed by atoms with E-state index in [1.165, 1.54) is 11.3 Å². The Balaban J connectivity index is 1.24. The van der Waals surface area contributed by atoms with Crippen molar-refractivity contribution in [2.24, 2.45) is 5.92 Å². The lowest BCUT2D eigenvalue weighted by Crippen LogP contribution is -2.42. The molecule has 212 valence electrons. The molecule has 0 aliphatic rings. The minimum Gasteiger partial charge on any atom is -0.488 e. The first kappa shape index (κ1) is 28.6. The summed E-state index contributed by atoms with van der Waals surface area (Å²) in [7, 11) is 0. The van der Waals surface area contributed by atoms with Gasteiger partial charge in [0.2, 0.25) is 0 Å². The zero-order valence-electron chi connectivity index (χ0n) is 23.4. The first-order valence-corrected chi connectivity index (χ1v) is 14.5. The molecule has 42 heavy (non-hydrogen) atoms. The second-order valence-corrected chi connectivity index (χ2v) is 10.9. The van der Waals surface area contributed by atoms with Crippen molar-refractivity contribution in [3.63, 3.8) is 0 Å². The fraction of sp³-hybridized carbons (Fsp3) is 0.147. The van der Waals surface area contributed by atoms with E-state index in [0.717, 1.165) is 16.7 Å². The highest BCUT2D eigenvalue weighted by atomic mass is 32.1. The summed E-state index contributed by atoms with van der Waals surface area (Å²) in [6.07, 6.45) is 0.671. The Bertz CT molecular complexity index is 1650. The molecule has 5 rings (SSSR count). The van der Waals surface area contributed by atoms with Gasteiger partial charge < -0.3 is 9.47 Å². The minimum absolute atomic E-state index is 0.196. The molecule has 0 bridgehead atoms. The average Bonchev–Trinajstić information content (AvgIpc) is 3.50. The van der Waals surface area contributed by atoms with Crippen LogP contribution in [0, 0.1) is 5.92 Å². The zero-order chi connectivity index (χ0) is 29.3. The molecule has 0 unspecified atom stereocenters. The number of hydrazine groups is 1. The van der Waals surface area contributed by atoms with Crippen LogP contribution >= 0.6 is 11.3 Å². The van der Waals surface area contributed by atoms with Crippen LogP contribution in [0.2, 0.25) is 0 Å². The summed E-state index contributed by atoms with van der Waals surface area (Å²) >= 11 is 1.33. The monoisotopic (exact) mass is 577 g/mol. The van der Waals surface area contributed by atoms with Gasteiger partial charge in [0.15, 0.2) is 0 Å². The third-order valence-electron chi connectivity index (χ3n) is 6.31. The second kappa shape index (κ2) is 13.6. The van der Waals surface area contributed by atoms with Crippen LogP contribution in [0.3, 0.4) is 0 Å². The van der Waals surface area contributed by atoms with Gasteiger partial charge in [0.25, 0.3) is 11.8 Å². The number of hydrogen-bond donors (Lipinski definition) is 2. The van der Waals surface area contributed by atoms with Crippen molar-refractivity contribution in [2.75, 3.05) is 0 Å². The minimum atomic E-state index is -0.511. The molecule has 0 aliphatic carbocycles. The number of carbonyl (C=O) groups excluding carboxylic acids is 2. The van der Waals surface area contributed by atoms with Crippen LogP contribution in [-0.4, -0.2) is 16.8 Å². The fourth-order valence-electron chi connectivity index (χ4n) is 4.34. The summed E-state index contributed by atoms with van der Waals surface area (Å²) in [5.41, 5.74) is 8.37. The average molecular weight is 578 g/mol. The first-order valence-electron chi connectivity index (χ1n) is 13.6. The number of carbonyl (C=O) groups is 2. The molecule has 1 heterocycles. The van der Waals surface area contributed by atoms with Gasteiger partial charge in [-0.1, -0.05) is 74.5 Å². The molecule has 2 amide bonds. The van der Waals surface area contributed by atoms with E-state index < -0.39 is 11.8 Å². The topological polar surface area (TPSA) is 89.6 Å². The Hall–Kier alpha value is -4.95. The Kier molecular flexibility index (Phi) is 9.26. The van der Waals surface area contributed by atoms with Gasteiger partial charge in [-0.2, -0.15) is 0 Å². The van der Waals surface area contributed by atoms with Crippen molar-refractivity contribution in [3.8, 4) is 27.8 Å². The van der Waals surface area contributed by atoms with E-state index in [9.17, 15) is 9.59 Å². The molecule has 2 N–H and O–H groups in total. The van der Waals surface area contributed by atoms with E-state index in [4.69, 9.17) is 9.47 Å². The molecule has 0 atom stereocenters. The predicted octanol–water partition coefficient (Wildman–Crippen LogP) is 7.45. The smallest absolute Gasteiger partial charge is 0.289 e. The molecule has 5 aromatic rings. The number of thiazole rings is 1. The van der Waals surface area contributed by atoms with Gasteiger partial charge >= 0.3 is 0 Å². The van der Waals surface area contributed by atoms with E-state index in [0.29, 0.717) is 46.8 Å². The van der Waals surface area contributed by atoms with Crippen LogP contribution in [0.5, 0.6) is 17.2 Å². The SMILES string of the molecule is CC(C)Cc1cc(Oc2ccccc2)ccc1C(=O)NNC(=O)c1csc(-c2ccccc2OCc2ccccc2)n1. The highest BCUT2D eigenvalue weighted by molar-refractivity contribution is 7.13. The molecule has 4 aromatic carbocycles. The van der Waals surface area contributed by atoms with Crippen LogP contribution in [0.25, 0.3) is 10.6 Å². The summed E-state index contributed by atoms with van der Waals surface area (Å²) in [5.74, 6) is 1.41. The van der Waals surface area contributed by atoms with Crippen LogP contribution in [-0.2, 0) is 13.0 Å². The number of para-hydroxylation sites is 2. The van der Waals surface area contributed by atoms with E-state index in [-0.39, 0.29) is 5.69 Å². The number of aromatic nitrogens is 1. The van der Waals surface area contributed by atoms with Crippen LogP contribution in [0.4, 0.5) is 0 Å². The highest BCUT2D eigenvalue weighted by Gasteiger charge is 2.18. The lowest BCUT2D eigenvalue weighted by Gasteiger charge is -2.14. The van der Waals surface area contributed by atoms with Crippen LogP contribution < -0.4 is 20.3 Å². The summed E-state index contributed by atoms with van der Waals surface area (Å²) in [6, 6.07) is 32.3. The maximum atomic E-state index is 13.1. The maximum Gasteiger partial charge on any atom is 0.289 e. The highest BCUT2D eigenvalue weighted by Crippen LogP contribution is 2.33. The van der Waals surface area contributed by atoms with Gasteiger partial charge in [-0.15, -0.1) is 11.3 Å². The first-order chi connectivity index (χ1) is 20.5. The number of nitrogens with zero attached hydrogens (tertiary/aromatic N) is 1. The van der Waals surface area contributed by atoms with Gasteiger partial charge in [-0.25, -0.2) is 4.98 Å². The summed E-state index contributed by atoms with van der Waals surface area (Å²) in [4.78, 5) is 30.5. The van der Waals surface area contributed by atoms with E-state index in [1.54, 1.807) is 17.5 Å². The number of hydrogen-bond acceptors (Lipinski definition) is 6. The maximum absolute atomic E-state index is 13.1. The normalized spacial score (nSPS) is 10.7. The Morgan fingerprint density at radius 1 is 0.810 bits per heavy atom. The Morgan fingerprint density at radius 2 is 1.50 bits per heavy atom. The number of benzene rings is 4. The lowest BCUT2D eigenvalue weighted by molar-refractivity contribution is 0.0843.